The molecule has 1 unspecified atom stereocenters. The Morgan fingerprint density at radius 2 is 2.00 bits per heavy atom. The van der Waals surface area contributed by atoms with E-state index in [4.69, 9.17) is 0 Å². The fourth-order valence-corrected chi connectivity index (χ4v) is 2.67. The van der Waals surface area contributed by atoms with E-state index in [1.165, 1.54) is 0 Å². The van der Waals surface area contributed by atoms with Crippen molar-refractivity contribution in [2.75, 3.05) is 20.6 Å². The number of hydrogen-bond acceptors (Lipinski definition) is 4. The van der Waals surface area contributed by atoms with Gasteiger partial charge in [0.05, 0.1) is 16.8 Å². The first-order valence-electron chi connectivity index (χ1n) is 6.46. The summed E-state index contributed by atoms with van der Waals surface area (Å²) in [6.07, 6.45) is 1.09. The standard InChI is InChI=1S/C15H20N2OS/c1-17(2)9-8-15-16-13(11-19-15)10-14(18)12-6-4-3-5-7-12/h3-7,11,14,18H,8-10H2,1-2H3. The Balaban J connectivity index is 1.93. The highest BCUT2D eigenvalue weighted by Crippen LogP contribution is 2.19. The molecule has 0 saturated carbocycles. The van der Waals surface area contributed by atoms with Gasteiger partial charge in [0.2, 0.25) is 0 Å². The number of aromatic nitrogens is 1. The Morgan fingerprint density at radius 1 is 1.26 bits per heavy atom. The SMILES string of the molecule is CN(C)CCc1nc(CC(O)c2ccccc2)cs1. The third kappa shape index (κ3) is 4.42. The summed E-state index contributed by atoms with van der Waals surface area (Å²) >= 11 is 1.68. The molecular formula is C15H20N2OS. The van der Waals surface area contributed by atoms with Gasteiger partial charge < -0.3 is 10.0 Å². The van der Waals surface area contributed by atoms with E-state index in [0.29, 0.717) is 6.42 Å². The molecule has 1 heterocycles. The average Bonchev–Trinajstić information content (AvgIpc) is 2.85. The molecular weight excluding hydrogens is 256 g/mol. The summed E-state index contributed by atoms with van der Waals surface area (Å²) in [5.74, 6) is 0. The first-order chi connectivity index (χ1) is 9.15. The van der Waals surface area contributed by atoms with Gasteiger partial charge >= 0.3 is 0 Å². The number of aliphatic hydroxyl groups excluding tert-OH is 1. The zero-order valence-electron chi connectivity index (χ0n) is 11.4. The van der Waals surface area contributed by atoms with Crippen LogP contribution >= 0.6 is 11.3 Å². The third-order valence-corrected chi connectivity index (χ3v) is 3.92. The molecule has 1 aromatic heterocycles. The summed E-state index contributed by atoms with van der Waals surface area (Å²) in [5, 5.41) is 13.4. The van der Waals surface area contributed by atoms with Gasteiger partial charge in [-0.3, -0.25) is 0 Å². The summed E-state index contributed by atoms with van der Waals surface area (Å²) in [6.45, 7) is 1.01. The Bertz CT molecular complexity index is 496. The molecule has 0 radical (unpaired) electrons. The number of likely N-dealkylation sites (N-methyl/N-ethyl adjacent to an activating group) is 1. The van der Waals surface area contributed by atoms with E-state index in [9.17, 15) is 5.11 Å². The van der Waals surface area contributed by atoms with Crippen molar-refractivity contribution < 1.29 is 5.11 Å². The van der Waals surface area contributed by atoms with Crippen LogP contribution in [0.2, 0.25) is 0 Å². The van der Waals surface area contributed by atoms with Gasteiger partial charge in [0.25, 0.3) is 0 Å². The van der Waals surface area contributed by atoms with Crippen molar-refractivity contribution in [3.8, 4) is 0 Å². The maximum atomic E-state index is 10.2. The van der Waals surface area contributed by atoms with Crippen LogP contribution in [0.15, 0.2) is 35.7 Å². The summed E-state index contributed by atoms with van der Waals surface area (Å²) in [6, 6.07) is 9.75. The molecule has 1 atom stereocenters. The van der Waals surface area contributed by atoms with E-state index < -0.39 is 6.10 Å². The van der Waals surface area contributed by atoms with Crippen LogP contribution in [0.1, 0.15) is 22.4 Å². The Hall–Kier alpha value is -1.23. The fraction of sp³-hybridized carbons (Fsp3) is 0.400. The van der Waals surface area contributed by atoms with Crippen molar-refractivity contribution in [1.82, 2.24) is 9.88 Å². The van der Waals surface area contributed by atoms with E-state index in [2.05, 4.69) is 29.4 Å². The smallest absolute Gasteiger partial charge is 0.0941 e. The molecule has 102 valence electrons. The molecule has 0 bridgehead atoms. The number of rotatable bonds is 6. The number of thiazole rings is 1. The highest BCUT2D eigenvalue weighted by molar-refractivity contribution is 7.09. The second-order valence-corrected chi connectivity index (χ2v) is 5.86. The minimum Gasteiger partial charge on any atom is -0.388 e. The number of aliphatic hydroxyl groups is 1. The van der Waals surface area contributed by atoms with Gasteiger partial charge in [-0.2, -0.15) is 0 Å². The van der Waals surface area contributed by atoms with Crippen molar-refractivity contribution in [3.05, 3.63) is 52.0 Å². The molecule has 0 spiro atoms. The first kappa shape index (κ1) is 14.2. The minimum atomic E-state index is -0.468. The molecule has 2 aromatic rings. The molecule has 19 heavy (non-hydrogen) atoms. The lowest BCUT2D eigenvalue weighted by atomic mass is 10.1. The summed E-state index contributed by atoms with van der Waals surface area (Å²) in [4.78, 5) is 6.73. The van der Waals surface area contributed by atoms with Crippen LogP contribution in [0.4, 0.5) is 0 Å². The van der Waals surface area contributed by atoms with Crippen LogP contribution < -0.4 is 0 Å². The predicted octanol–water partition coefficient (Wildman–Crippen LogP) is 2.52. The van der Waals surface area contributed by atoms with Crippen LogP contribution in [-0.4, -0.2) is 35.6 Å². The summed E-state index contributed by atoms with van der Waals surface area (Å²) in [7, 11) is 4.13. The molecule has 0 aliphatic heterocycles. The molecule has 4 heteroatoms. The number of hydrogen-bond donors (Lipinski definition) is 1. The second kappa shape index (κ2) is 6.80. The van der Waals surface area contributed by atoms with E-state index in [0.717, 1.165) is 29.2 Å². The van der Waals surface area contributed by atoms with Crippen molar-refractivity contribution >= 4 is 11.3 Å². The van der Waals surface area contributed by atoms with Crippen LogP contribution in [0.3, 0.4) is 0 Å². The van der Waals surface area contributed by atoms with E-state index in [1.807, 2.05) is 30.3 Å². The molecule has 0 aliphatic carbocycles. The molecule has 0 fully saturated rings. The maximum absolute atomic E-state index is 10.2. The average molecular weight is 276 g/mol. The summed E-state index contributed by atoms with van der Waals surface area (Å²) in [5.41, 5.74) is 1.93. The molecule has 1 N–H and O–H groups in total. The largest absolute Gasteiger partial charge is 0.388 e. The molecule has 0 amide bonds. The highest BCUT2D eigenvalue weighted by atomic mass is 32.1. The minimum absolute atomic E-state index is 0.468. The Morgan fingerprint density at radius 3 is 2.68 bits per heavy atom. The van der Waals surface area contributed by atoms with Crippen LogP contribution in [0.25, 0.3) is 0 Å². The van der Waals surface area contributed by atoms with Gasteiger partial charge in [-0.25, -0.2) is 4.98 Å². The van der Waals surface area contributed by atoms with Gasteiger partial charge in [0, 0.05) is 24.8 Å². The van der Waals surface area contributed by atoms with Crippen LogP contribution in [0.5, 0.6) is 0 Å². The van der Waals surface area contributed by atoms with Gasteiger partial charge in [0.15, 0.2) is 0 Å². The van der Waals surface area contributed by atoms with Gasteiger partial charge in [-0.1, -0.05) is 30.3 Å². The van der Waals surface area contributed by atoms with Crippen molar-refractivity contribution in [2.45, 2.75) is 18.9 Å². The quantitative estimate of drug-likeness (QED) is 0.881. The second-order valence-electron chi connectivity index (χ2n) is 4.92. The normalized spacial score (nSPS) is 12.8. The maximum Gasteiger partial charge on any atom is 0.0941 e. The van der Waals surface area contributed by atoms with Crippen molar-refractivity contribution in [1.29, 1.82) is 0 Å². The Labute approximate surface area is 118 Å². The van der Waals surface area contributed by atoms with Crippen LogP contribution in [-0.2, 0) is 12.8 Å². The van der Waals surface area contributed by atoms with E-state index >= 15 is 0 Å². The van der Waals surface area contributed by atoms with Crippen molar-refractivity contribution in [2.24, 2.45) is 0 Å². The number of benzene rings is 1. The van der Waals surface area contributed by atoms with E-state index in [1.54, 1.807) is 11.3 Å². The first-order valence-corrected chi connectivity index (χ1v) is 7.34. The Kier molecular flexibility index (Phi) is 5.07. The topological polar surface area (TPSA) is 36.4 Å². The molecule has 1 aromatic carbocycles. The lowest BCUT2D eigenvalue weighted by molar-refractivity contribution is 0.177. The van der Waals surface area contributed by atoms with Crippen molar-refractivity contribution in [3.63, 3.8) is 0 Å². The van der Waals surface area contributed by atoms with Crippen LogP contribution in [0, 0.1) is 0 Å². The van der Waals surface area contributed by atoms with Gasteiger partial charge in [0.1, 0.15) is 0 Å². The lowest BCUT2D eigenvalue weighted by Crippen LogP contribution is -2.15. The zero-order chi connectivity index (χ0) is 13.7. The third-order valence-electron chi connectivity index (χ3n) is 2.96. The fourth-order valence-electron chi connectivity index (χ4n) is 1.87. The number of nitrogens with zero attached hydrogens (tertiary/aromatic N) is 2. The zero-order valence-corrected chi connectivity index (χ0v) is 12.2. The molecule has 2 rings (SSSR count). The van der Waals surface area contributed by atoms with E-state index in [-0.39, 0.29) is 0 Å². The molecule has 0 saturated heterocycles. The van der Waals surface area contributed by atoms with Gasteiger partial charge in [-0.15, -0.1) is 11.3 Å². The highest BCUT2D eigenvalue weighted by Gasteiger charge is 2.10. The molecule has 3 nitrogen and oxygen atoms in total. The van der Waals surface area contributed by atoms with Gasteiger partial charge in [-0.05, 0) is 19.7 Å². The lowest BCUT2D eigenvalue weighted by Gasteiger charge is -2.09. The summed E-state index contributed by atoms with van der Waals surface area (Å²) < 4.78 is 0. The predicted molar refractivity (Wildman–Crippen MR) is 79.5 cm³/mol. The monoisotopic (exact) mass is 276 g/mol. The molecule has 0 aliphatic rings.